The molecule has 0 fully saturated rings. The summed E-state index contributed by atoms with van der Waals surface area (Å²) in [5.41, 5.74) is 1.36. The van der Waals surface area contributed by atoms with Crippen molar-refractivity contribution in [3.63, 3.8) is 0 Å². The fraction of sp³-hybridized carbons (Fsp3) is 0.385. The molecule has 1 heterocycles. The van der Waals surface area contributed by atoms with Crippen LogP contribution in [-0.2, 0) is 5.41 Å². The van der Waals surface area contributed by atoms with E-state index in [1.54, 1.807) is 0 Å². The lowest BCUT2D eigenvalue weighted by molar-refractivity contribution is -0.626. The normalized spacial score (nSPS) is 12.0. The summed E-state index contributed by atoms with van der Waals surface area (Å²) >= 11 is 0. The number of hydrogen-bond donors (Lipinski definition) is 0. The lowest BCUT2D eigenvalue weighted by atomic mass is 9.95. The van der Waals surface area contributed by atoms with E-state index in [0.29, 0.717) is 5.82 Å². The second-order valence-corrected chi connectivity index (χ2v) is 5.08. The third-order valence-electron chi connectivity index (χ3n) is 2.69. The van der Waals surface area contributed by atoms with Gasteiger partial charge in [0.15, 0.2) is 5.52 Å². The SMILES string of the molecule is Cc1c2ccccc2nc(C(C)(C)C)[n+]1[O-]. The molecule has 0 unspecified atom stereocenters. The third-order valence-corrected chi connectivity index (χ3v) is 2.69. The first kappa shape index (κ1) is 10.9. The lowest BCUT2D eigenvalue weighted by Crippen LogP contribution is -2.42. The van der Waals surface area contributed by atoms with Crippen molar-refractivity contribution in [1.82, 2.24) is 4.98 Å². The first-order valence-corrected chi connectivity index (χ1v) is 5.40. The van der Waals surface area contributed by atoms with Gasteiger partial charge in [0, 0.05) is 0 Å². The molecule has 0 spiro atoms. The van der Waals surface area contributed by atoms with Gasteiger partial charge in [0.05, 0.1) is 10.8 Å². The zero-order chi connectivity index (χ0) is 11.9. The predicted molar refractivity (Wildman–Crippen MR) is 64.1 cm³/mol. The van der Waals surface area contributed by atoms with E-state index < -0.39 is 0 Å². The van der Waals surface area contributed by atoms with Gasteiger partial charge < -0.3 is 5.21 Å². The maximum atomic E-state index is 12.1. The van der Waals surface area contributed by atoms with E-state index in [2.05, 4.69) is 4.98 Å². The molecule has 1 aromatic heterocycles. The maximum absolute atomic E-state index is 12.1. The van der Waals surface area contributed by atoms with Gasteiger partial charge in [0.25, 0.3) is 0 Å². The van der Waals surface area contributed by atoms with E-state index in [1.807, 2.05) is 52.0 Å². The molecule has 3 nitrogen and oxygen atoms in total. The van der Waals surface area contributed by atoms with Gasteiger partial charge in [-0.15, -0.1) is 0 Å². The van der Waals surface area contributed by atoms with Crippen LogP contribution in [0.3, 0.4) is 0 Å². The van der Waals surface area contributed by atoms with Crippen LogP contribution in [0.2, 0.25) is 0 Å². The van der Waals surface area contributed by atoms with E-state index >= 15 is 0 Å². The number of rotatable bonds is 0. The second-order valence-electron chi connectivity index (χ2n) is 5.08. The predicted octanol–water partition coefficient (Wildman–Crippen LogP) is 2.47. The number of para-hydroxylation sites is 1. The van der Waals surface area contributed by atoms with Gasteiger partial charge in [-0.2, -0.15) is 0 Å². The van der Waals surface area contributed by atoms with Crippen molar-refractivity contribution in [2.75, 3.05) is 0 Å². The van der Waals surface area contributed by atoms with Crippen LogP contribution in [0.4, 0.5) is 0 Å². The average molecular weight is 216 g/mol. The smallest absolute Gasteiger partial charge is 0.307 e. The molecule has 3 heteroatoms. The number of aromatic nitrogens is 2. The van der Waals surface area contributed by atoms with E-state index in [-0.39, 0.29) is 5.41 Å². The molecule has 2 aromatic rings. The van der Waals surface area contributed by atoms with Gasteiger partial charge >= 0.3 is 5.82 Å². The van der Waals surface area contributed by atoms with Crippen LogP contribution in [0.15, 0.2) is 24.3 Å². The molecular weight excluding hydrogens is 200 g/mol. The number of nitrogens with zero attached hydrogens (tertiary/aromatic N) is 2. The van der Waals surface area contributed by atoms with E-state index in [0.717, 1.165) is 21.3 Å². The maximum Gasteiger partial charge on any atom is 0.307 e. The fourth-order valence-electron chi connectivity index (χ4n) is 1.78. The first-order valence-electron chi connectivity index (χ1n) is 5.40. The minimum absolute atomic E-state index is 0.240. The lowest BCUT2D eigenvalue weighted by Gasteiger charge is -2.19. The molecular formula is C13H16N2O. The zero-order valence-electron chi connectivity index (χ0n) is 10.1. The highest BCUT2D eigenvalue weighted by atomic mass is 16.5. The Hall–Kier alpha value is -1.64. The number of aryl methyl sites for hydroxylation is 1. The highest BCUT2D eigenvalue weighted by Crippen LogP contribution is 2.21. The van der Waals surface area contributed by atoms with Gasteiger partial charge in [-0.25, -0.2) is 4.73 Å². The summed E-state index contributed by atoms with van der Waals surface area (Å²) in [5, 5.41) is 13.0. The Morgan fingerprint density at radius 2 is 1.81 bits per heavy atom. The number of hydrogen-bond acceptors (Lipinski definition) is 2. The zero-order valence-corrected chi connectivity index (χ0v) is 10.1. The van der Waals surface area contributed by atoms with Gasteiger partial charge in [0.2, 0.25) is 0 Å². The van der Waals surface area contributed by atoms with Gasteiger partial charge in [-0.05, 0) is 44.8 Å². The Balaban J connectivity index is 2.84. The Morgan fingerprint density at radius 3 is 2.44 bits per heavy atom. The van der Waals surface area contributed by atoms with Crippen molar-refractivity contribution in [2.24, 2.45) is 0 Å². The largest absolute Gasteiger partial charge is 0.711 e. The van der Waals surface area contributed by atoms with E-state index in [1.165, 1.54) is 0 Å². The fourth-order valence-corrected chi connectivity index (χ4v) is 1.78. The standard InChI is InChI=1S/C13H16N2O/c1-9-10-7-5-6-8-11(10)14-12(15(9)16)13(2,3)4/h5-8H,1-4H3. The molecule has 0 amide bonds. The molecule has 84 valence electrons. The number of benzene rings is 1. The van der Waals surface area contributed by atoms with Crippen LogP contribution in [0.25, 0.3) is 10.9 Å². The van der Waals surface area contributed by atoms with Crippen molar-refractivity contribution in [2.45, 2.75) is 33.1 Å². The minimum atomic E-state index is -0.240. The first-order chi connectivity index (χ1) is 7.41. The summed E-state index contributed by atoms with van der Waals surface area (Å²) in [6.45, 7) is 7.83. The minimum Gasteiger partial charge on any atom is -0.711 e. The van der Waals surface area contributed by atoms with Crippen LogP contribution in [-0.4, -0.2) is 4.98 Å². The molecule has 0 aliphatic carbocycles. The molecule has 16 heavy (non-hydrogen) atoms. The summed E-state index contributed by atoms with van der Waals surface area (Å²) in [6.07, 6.45) is 0. The van der Waals surface area contributed by atoms with Gasteiger partial charge in [-0.1, -0.05) is 12.1 Å². The molecule has 0 N–H and O–H groups in total. The molecule has 1 aromatic carbocycles. The Labute approximate surface area is 95.3 Å². The Kier molecular flexibility index (Phi) is 2.34. The van der Waals surface area contributed by atoms with Crippen molar-refractivity contribution < 1.29 is 4.73 Å². The summed E-state index contributed by atoms with van der Waals surface area (Å²) in [4.78, 5) is 4.46. The molecule has 2 rings (SSSR count). The van der Waals surface area contributed by atoms with Crippen molar-refractivity contribution in [3.05, 3.63) is 41.0 Å². The highest BCUT2D eigenvalue weighted by Gasteiger charge is 2.27. The molecule has 0 atom stereocenters. The van der Waals surface area contributed by atoms with Crippen LogP contribution in [0.1, 0.15) is 32.3 Å². The third kappa shape index (κ3) is 1.62. The summed E-state index contributed by atoms with van der Waals surface area (Å²) in [6, 6.07) is 7.74. The van der Waals surface area contributed by atoms with Crippen LogP contribution in [0.5, 0.6) is 0 Å². The van der Waals surface area contributed by atoms with E-state index in [4.69, 9.17) is 0 Å². The molecule has 0 aliphatic heterocycles. The second kappa shape index (κ2) is 3.44. The Bertz CT molecular complexity index is 541. The quantitative estimate of drug-likeness (QED) is 0.501. The monoisotopic (exact) mass is 216 g/mol. The van der Waals surface area contributed by atoms with Gasteiger partial charge in [-0.3, -0.25) is 0 Å². The van der Waals surface area contributed by atoms with Crippen LogP contribution in [0, 0.1) is 12.1 Å². The summed E-state index contributed by atoms with van der Waals surface area (Å²) in [7, 11) is 0. The van der Waals surface area contributed by atoms with Gasteiger partial charge in [0.1, 0.15) is 5.69 Å². The molecule has 0 saturated heterocycles. The molecule has 0 bridgehead atoms. The van der Waals surface area contributed by atoms with Crippen molar-refractivity contribution >= 4 is 10.9 Å². The van der Waals surface area contributed by atoms with Crippen molar-refractivity contribution in [3.8, 4) is 0 Å². The molecule has 0 radical (unpaired) electrons. The van der Waals surface area contributed by atoms with Crippen LogP contribution >= 0.6 is 0 Å². The molecule has 0 saturated carbocycles. The van der Waals surface area contributed by atoms with Crippen LogP contribution < -0.4 is 4.73 Å². The Morgan fingerprint density at radius 1 is 1.19 bits per heavy atom. The highest BCUT2D eigenvalue weighted by molar-refractivity contribution is 5.79. The van der Waals surface area contributed by atoms with Crippen molar-refractivity contribution in [1.29, 1.82) is 0 Å². The summed E-state index contributed by atoms with van der Waals surface area (Å²) < 4.78 is 0.947. The molecule has 0 aliphatic rings. The van der Waals surface area contributed by atoms with E-state index in [9.17, 15) is 5.21 Å². The topological polar surface area (TPSA) is 39.8 Å². The number of fused-ring (bicyclic) bond motifs is 1. The summed E-state index contributed by atoms with van der Waals surface area (Å²) in [5.74, 6) is 0.573. The average Bonchev–Trinajstić information content (AvgIpc) is 2.22.